The number of hydrogen-bond acceptors (Lipinski definition) is 5. The predicted molar refractivity (Wildman–Crippen MR) is 122 cm³/mol. The summed E-state index contributed by atoms with van der Waals surface area (Å²) in [6, 6.07) is 11.9. The van der Waals surface area contributed by atoms with Crippen LogP contribution >= 0.6 is 12.2 Å². The number of aromatic amines is 1. The van der Waals surface area contributed by atoms with Crippen LogP contribution in [0.4, 0.5) is 4.39 Å². The second kappa shape index (κ2) is 9.72. The number of likely N-dealkylation sites (tertiary alicyclic amines) is 1. The molecule has 1 fully saturated rings. The molecule has 1 atom stereocenters. The first kappa shape index (κ1) is 21.7. The topological polar surface area (TPSA) is 81.5 Å². The van der Waals surface area contributed by atoms with Gasteiger partial charge in [0.05, 0.1) is 16.6 Å². The Morgan fingerprint density at radius 1 is 1.26 bits per heavy atom. The van der Waals surface area contributed by atoms with Crippen molar-refractivity contribution < 1.29 is 13.9 Å². The van der Waals surface area contributed by atoms with Crippen molar-refractivity contribution in [3.63, 3.8) is 0 Å². The highest BCUT2D eigenvalue weighted by atomic mass is 32.1. The van der Waals surface area contributed by atoms with Gasteiger partial charge in [-0.3, -0.25) is 9.88 Å². The summed E-state index contributed by atoms with van der Waals surface area (Å²) in [5.74, 6) is -0.0999. The number of nitrogens with one attached hydrogen (secondary N) is 2. The molecule has 3 aromatic rings. The molecule has 1 aliphatic rings. The Labute approximate surface area is 185 Å². The van der Waals surface area contributed by atoms with Gasteiger partial charge in [-0.25, -0.2) is 9.18 Å². The zero-order valence-corrected chi connectivity index (χ0v) is 18.0. The summed E-state index contributed by atoms with van der Waals surface area (Å²) in [7, 11) is 0. The van der Waals surface area contributed by atoms with E-state index in [0.29, 0.717) is 40.7 Å². The zero-order chi connectivity index (χ0) is 21.8. The number of fused-ring (bicyclic) bond motifs is 1. The summed E-state index contributed by atoms with van der Waals surface area (Å²) < 4.78 is 18.1. The van der Waals surface area contributed by atoms with Crippen LogP contribution in [-0.4, -0.2) is 46.2 Å². The molecule has 0 aliphatic carbocycles. The number of thiocarbonyl (C=S) groups is 1. The van der Waals surface area contributed by atoms with E-state index in [1.165, 1.54) is 17.7 Å². The van der Waals surface area contributed by atoms with Crippen LogP contribution in [0.2, 0.25) is 0 Å². The summed E-state index contributed by atoms with van der Waals surface area (Å²) in [5.41, 5.74) is 2.87. The molecule has 0 spiro atoms. The second-order valence-electron chi connectivity index (χ2n) is 8.14. The molecule has 2 heterocycles. The molecule has 1 aliphatic heterocycles. The minimum Gasteiger partial charge on any atom is -0.408 e. The number of aliphatic hydroxyl groups is 1. The molecule has 4 rings (SSSR count). The van der Waals surface area contributed by atoms with Crippen LogP contribution in [0.5, 0.6) is 0 Å². The Hall–Kier alpha value is -2.55. The highest BCUT2D eigenvalue weighted by molar-refractivity contribution is 7.80. The number of hydrogen-bond donors (Lipinski definition) is 3. The molecule has 164 valence electrons. The number of benzene rings is 2. The highest BCUT2D eigenvalue weighted by Gasteiger charge is 2.20. The number of aliphatic hydroxyl groups excluding tert-OH is 1. The van der Waals surface area contributed by atoms with Crippen LogP contribution in [0, 0.1) is 11.7 Å². The number of rotatable bonds is 7. The van der Waals surface area contributed by atoms with E-state index in [-0.39, 0.29) is 5.82 Å². The van der Waals surface area contributed by atoms with Gasteiger partial charge < -0.3 is 14.8 Å². The summed E-state index contributed by atoms with van der Waals surface area (Å²) >= 11 is 5.47. The lowest BCUT2D eigenvalue weighted by Gasteiger charge is -2.32. The fourth-order valence-electron chi connectivity index (χ4n) is 4.06. The van der Waals surface area contributed by atoms with Gasteiger partial charge in [0.25, 0.3) is 0 Å². The lowest BCUT2D eigenvalue weighted by molar-refractivity contribution is 0.179. The highest BCUT2D eigenvalue weighted by Crippen LogP contribution is 2.22. The first-order valence-corrected chi connectivity index (χ1v) is 10.9. The first-order chi connectivity index (χ1) is 15.0. The van der Waals surface area contributed by atoms with E-state index in [1.54, 1.807) is 18.2 Å². The van der Waals surface area contributed by atoms with Crippen molar-refractivity contribution in [3.8, 4) is 0 Å². The molecule has 1 unspecified atom stereocenters. The standard InChI is InChI=1S/C23H26FN3O3S/c24-18-4-1-15(2-5-18)11-16-7-9-27(10-8-16)14-22(31)25-13-20(28)17-3-6-19-21(12-17)30-23(29)26-19/h1-6,12,16,20,28H,7-11,13-14H2,(H,25,31)(H,26,29). The summed E-state index contributed by atoms with van der Waals surface area (Å²) in [5, 5.41) is 13.6. The van der Waals surface area contributed by atoms with Crippen LogP contribution in [0.1, 0.15) is 30.1 Å². The molecule has 2 aromatic carbocycles. The third-order valence-electron chi connectivity index (χ3n) is 5.83. The van der Waals surface area contributed by atoms with Gasteiger partial charge >= 0.3 is 5.76 Å². The molecule has 1 aromatic heterocycles. The molecule has 8 heteroatoms. The Bertz CT molecular complexity index is 1090. The smallest absolute Gasteiger partial charge is 0.408 e. The number of nitrogens with zero attached hydrogens (tertiary/aromatic N) is 1. The van der Waals surface area contributed by atoms with Gasteiger partial charge in [-0.1, -0.05) is 30.4 Å². The van der Waals surface area contributed by atoms with Crippen molar-refractivity contribution in [2.24, 2.45) is 5.92 Å². The molecule has 3 N–H and O–H groups in total. The Morgan fingerprint density at radius 2 is 2.00 bits per heavy atom. The molecule has 1 saturated heterocycles. The summed E-state index contributed by atoms with van der Waals surface area (Å²) in [6.45, 7) is 2.90. The number of aromatic nitrogens is 1. The maximum atomic E-state index is 13.1. The molecule has 0 amide bonds. The lowest BCUT2D eigenvalue weighted by Crippen LogP contribution is -2.41. The van der Waals surface area contributed by atoms with Crippen LogP contribution in [0.15, 0.2) is 51.7 Å². The third kappa shape index (κ3) is 5.78. The van der Waals surface area contributed by atoms with Crippen molar-refractivity contribution in [3.05, 3.63) is 70.0 Å². The monoisotopic (exact) mass is 443 g/mol. The molecule has 31 heavy (non-hydrogen) atoms. The minimum absolute atomic E-state index is 0.193. The molecule has 0 saturated carbocycles. The number of piperidine rings is 1. The number of oxazole rings is 1. The quantitative estimate of drug-likeness (QED) is 0.487. The molecule has 0 bridgehead atoms. The van der Waals surface area contributed by atoms with Crippen molar-refractivity contribution in [1.29, 1.82) is 0 Å². The molecular weight excluding hydrogens is 417 g/mol. The van der Waals surface area contributed by atoms with Gasteiger partial charge in [0.2, 0.25) is 0 Å². The SMILES string of the molecule is O=c1[nH]c2ccc(C(O)CNC(=S)CN3CCC(Cc4ccc(F)cc4)CC3)cc2o1. The van der Waals surface area contributed by atoms with Crippen molar-refractivity contribution in [2.45, 2.75) is 25.4 Å². The molecule has 0 radical (unpaired) electrons. The maximum absolute atomic E-state index is 13.1. The van der Waals surface area contributed by atoms with Crippen LogP contribution in [0.3, 0.4) is 0 Å². The average Bonchev–Trinajstić information content (AvgIpc) is 3.14. The lowest BCUT2D eigenvalue weighted by atomic mass is 9.90. The van der Waals surface area contributed by atoms with Gasteiger partial charge in [-0.2, -0.15) is 0 Å². The van der Waals surface area contributed by atoms with Crippen molar-refractivity contribution in [2.75, 3.05) is 26.2 Å². The first-order valence-electron chi connectivity index (χ1n) is 10.5. The van der Waals surface area contributed by atoms with Gasteiger partial charge in [0, 0.05) is 13.1 Å². The van der Waals surface area contributed by atoms with E-state index in [4.69, 9.17) is 16.6 Å². The molecular formula is C23H26FN3O3S. The van der Waals surface area contributed by atoms with E-state index in [9.17, 15) is 14.3 Å². The Kier molecular flexibility index (Phi) is 6.80. The van der Waals surface area contributed by atoms with E-state index in [0.717, 1.165) is 32.4 Å². The third-order valence-corrected chi connectivity index (χ3v) is 6.11. The van der Waals surface area contributed by atoms with E-state index in [2.05, 4.69) is 15.2 Å². The number of H-pyrrole nitrogens is 1. The Morgan fingerprint density at radius 3 is 2.74 bits per heavy atom. The fraction of sp³-hybridized carbons (Fsp3) is 0.391. The summed E-state index contributed by atoms with van der Waals surface area (Å²) in [4.78, 5) is 16.9. The van der Waals surface area contributed by atoms with Crippen molar-refractivity contribution in [1.82, 2.24) is 15.2 Å². The zero-order valence-electron chi connectivity index (χ0n) is 17.1. The minimum atomic E-state index is -0.760. The normalized spacial score (nSPS) is 16.5. The van der Waals surface area contributed by atoms with Gasteiger partial charge in [-0.15, -0.1) is 0 Å². The van der Waals surface area contributed by atoms with Crippen molar-refractivity contribution >= 4 is 28.3 Å². The van der Waals surface area contributed by atoms with Gasteiger partial charge in [0.1, 0.15) is 5.82 Å². The fourth-order valence-corrected chi connectivity index (χ4v) is 4.33. The van der Waals surface area contributed by atoms with E-state index in [1.807, 2.05) is 12.1 Å². The maximum Gasteiger partial charge on any atom is 0.417 e. The van der Waals surface area contributed by atoms with Crippen LogP contribution in [-0.2, 0) is 6.42 Å². The van der Waals surface area contributed by atoms with Crippen LogP contribution < -0.4 is 11.1 Å². The van der Waals surface area contributed by atoms with Gasteiger partial charge in [-0.05, 0) is 73.7 Å². The largest absolute Gasteiger partial charge is 0.417 e. The average molecular weight is 444 g/mol. The van der Waals surface area contributed by atoms with E-state index >= 15 is 0 Å². The predicted octanol–water partition coefficient (Wildman–Crippen LogP) is 3.17. The molecule has 6 nitrogen and oxygen atoms in total. The second-order valence-corrected chi connectivity index (χ2v) is 8.63. The Balaban J connectivity index is 1.20. The van der Waals surface area contributed by atoms with Gasteiger partial charge in [0.15, 0.2) is 5.58 Å². The number of halogens is 1. The van der Waals surface area contributed by atoms with E-state index < -0.39 is 11.9 Å². The summed E-state index contributed by atoms with van der Waals surface area (Å²) in [6.07, 6.45) is 2.40. The van der Waals surface area contributed by atoms with Crippen LogP contribution in [0.25, 0.3) is 11.1 Å².